The molecule has 1 amide bonds. The molecule has 3 aromatic carbocycles. The monoisotopic (exact) mass is 430 g/mol. The molecule has 0 heterocycles. The third-order valence-electron chi connectivity index (χ3n) is 3.52. The number of nitrogens with zero attached hydrogens (tertiary/aromatic N) is 1. The Morgan fingerprint density at radius 3 is 2.04 bits per heavy atom. The quantitative estimate of drug-likeness (QED) is 0.387. The number of ether oxygens (including phenoxy) is 1. The number of amides is 1. The predicted octanol–water partition coefficient (Wildman–Crippen LogP) is 5.67. The van der Waals surface area contributed by atoms with Crippen LogP contribution in [0.2, 0.25) is 10.0 Å². The highest BCUT2D eigenvalue weighted by molar-refractivity contribution is 7.99. The first-order valence-corrected chi connectivity index (χ1v) is 9.89. The molecule has 1 N–H and O–H groups in total. The zero-order chi connectivity index (χ0) is 19.8. The predicted molar refractivity (Wildman–Crippen MR) is 115 cm³/mol. The van der Waals surface area contributed by atoms with Crippen LogP contribution in [0.15, 0.2) is 87.7 Å². The van der Waals surface area contributed by atoms with Gasteiger partial charge in [-0.1, -0.05) is 47.1 Å². The van der Waals surface area contributed by atoms with Crippen molar-refractivity contribution in [3.05, 3.63) is 88.4 Å². The van der Waals surface area contributed by atoms with E-state index >= 15 is 0 Å². The summed E-state index contributed by atoms with van der Waals surface area (Å²) in [5, 5.41) is 5.27. The molecule has 3 rings (SSSR count). The maximum absolute atomic E-state index is 11.8. The smallest absolute Gasteiger partial charge is 0.277 e. The molecule has 0 radical (unpaired) electrons. The lowest BCUT2D eigenvalue weighted by atomic mass is 10.2. The average molecular weight is 431 g/mol. The molecule has 0 bridgehead atoms. The number of carbonyl (C=O) groups is 1. The maximum atomic E-state index is 11.8. The highest BCUT2D eigenvalue weighted by Crippen LogP contribution is 2.28. The molecular formula is C21H16Cl2N2O2S. The van der Waals surface area contributed by atoms with Crippen LogP contribution in [-0.4, -0.2) is 18.7 Å². The van der Waals surface area contributed by atoms with Gasteiger partial charge < -0.3 is 4.74 Å². The van der Waals surface area contributed by atoms with Crippen molar-refractivity contribution in [3.8, 4) is 5.75 Å². The van der Waals surface area contributed by atoms with Crippen LogP contribution in [0.5, 0.6) is 5.75 Å². The van der Waals surface area contributed by atoms with Crippen LogP contribution in [0, 0.1) is 0 Å². The molecule has 0 aliphatic rings. The third-order valence-corrected chi connectivity index (χ3v) is 5.04. The van der Waals surface area contributed by atoms with Gasteiger partial charge >= 0.3 is 0 Å². The zero-order valence-electron chi connectivity index (χ0n) is 14.6. The van der Waals surface area contributed by atoms with Crippen LogP contribution in [0.1, 0.15) is 5.56 Å². The Morgan fingerprint density at radius 2 is 1.43 bits per heavy atom. The fraction of sp³-hybridized carbons (Fsp3) is 0.0476. The molecule has 4 nitrogen and oxygen atoms in total. The lowest BCUT2D eigenvalue weighted by molar-refractivity contribution is -0.123. The second-order valence-corrected chi connectivity index (χ2v) is 7.68. The van der Waals surface area contributed by atoms with Crippen molar-refractivity contribution >= 4 is 47.1 Å². The highest BCUT2D eigenvalue weighted by atomic mass is 35.5. The number of hydrazone groups is 1. The fourth-order valence-electron chi connectivity index (χ4n) is 2.15. The molecule has 28 heavy (non-hydrogen) atoms. The van der Waals surface area contributed by atoms with Crippen molar-refractivity contribution in [2.75, 3.05) is 6.61 Å². The van der Waals surface area contributed by atoms with E-state index in [-0.39, 0.29) is 12.5 Å². The van der Waals surface area contributed by atoms with Gasteiger partial charge in [0.05, 0.1) is 6.21 Å². The number of hydrogen-bond donors (Lipinski definition) is 1. The van der Waals surface area contributed by atoms with Crippen LogP contribution >= 0.6 is 35.0 Å². The van der Waals surface area contributed by atoms with Gasteiger partial charge in [-0.05, 0) is 66.2 Å². The minimum Gasteiger partial charge on any atom is -0.484 e. The molecule has 0 unspecified atom stereocenters. The second kappa shape index (κ2) is 10.2. The summed E-state index contributed by atoms with van der Waals surface area (Å²) < 4.78 is 5.35. The van der Waals surface area contributed by atoms with Crippen LogP contribution < -0.4 is 10.2 Å². The van der Waals surface area contributed by atoms with Gasteiger partial charge in [0.15, 0.2) is 6.61 Å². The number of rotatable bonds is 7. The molecule has 0 aliphatic heterocycles. The maximum Gasteiger partial charge on any atom is 0.277 e. The summed E-state index contributed by atoms with van der Waals surface area (Å²) in [6, 6.07) is 22.3. The van der Waals surface area contributed by atoms with Gasteiger partial charge in [-0.25, -0.2) is 5.43 Å². The topological polar surface area (TPSA) is 50.7 Å². The minimum atomic E-state index is -0.346. The fourth-order valence-corrected chi connectivity index (χ4v) is 3.22. The van der Waals surface area contributed by atoms with E-state index in [4.69, 9.17) is 27.9 Å². The third kappa shape index (κ3) is 6.60. The second-order valence-electron chi connectivity index (χ2n) is 5.66. The minimum absolute atomic E-state index is 0.129. The van der Waals surface area contributed by atoms with Crippen LogP contribution in [0.3, 0.4) is 0 Å². The van der Waals surface area contributed by atoms with E-state index in [1.165, 1.54) is 0 Å². The number of benzene rings is 3. The molecule has 7 heteroatoms. The number of hydrogen-bond acceptors (Lipinski definition) is 4. The molecule has 142 valence electrons. The molecule has 0 saturated heterocycles. The Balaban J connectivity index is 1.45. The summed E-state index contributed by atoms with van der Waals surface area (Å²) in [7, 11) is 0. The first kappa shape index (κ1) is 20.3. The van der Waals surface area contributed by atoms with E-state index in [1.807, 2.05) is 48.5 Å². The zero-order valence-corrected chi connectivity index (χ0v) is 17.0. The van der Waals surface area contributed by atoms with E-state index in [0.29, 0.717) is 10.8 Å². The standard InChI is InChI=1S/C21H16Cl2N2O2S/c22-16-3-7-18(8-4-16)27-14-21(26)25-24-13-15-1-9-19(10-2-15)28-20-11-5-17(23)6-12-20/h1-13H,14H2,(H,25,26)/b24-13-. The molecule has 0 atom stereocenters. The molecule has 0 aliphatic carbocycles. The molecule has 0 saturated carbocycles. The van der Waals surface area contributed by atoms with E-state index in [9.17, 15) is 4.79 Å². The first-order valence-electron chi connectivity index (χ1n) is 8.32. The van der Waals surface area contributed by atoms with Gasteiger partial charge in [-0.2, -0.15) is 5.10 Å². The van der Waals surface area contributed by atoms with Crippen LogP contribution in [0.4, 0.5) is 0 Å². The summed E-state index contributed by atoms with van der Waals surface area (Å²) in [4.78, 5) is 14.0. The normalized spacial score (nSPS) is 10.8. The van der Waals surface area contributed by atoms with Crippen molar-refractivity contribution in [1.29, 1.82) is 0 Å². The Hall–Kier alpha value is -2.47. The summed E-state index contributed by atoms with van der Waals surface area (Å²) in [5.74, 6) is 0.221. The molecule has 3 aromatic rings. The van der Waals surface area contributed by atoms with Crippen molar-refractivity contribution in [1.82, 2.24) is 5.43 Å². The molecule has 0 spiro atoms. The summed E-state index contributed by atoms with van der Waals surface area (Å²) in [6.07, 6.45) is 1.58. The van der Waals surface area contributed by atoms with Crippen LogP contribution in [0.25, 0.3) is 0 Å². The van der Waals surface area contributed by atoms with E-state index in [2.05, 4.69) is 10.5 Å². The molecule has 0 aromatic heterocycles. The largest absolute Gasteiger partial charge is 0.484 e. The summed E-state index contributed by atoms with van der Waals surface area (Å²) >= 11 is 13.3. The van der Waals surface area contributed by atoms with Crippen molar-refractivity contribution in [2.24, 2.45) is 5.10 Å². The first-order chi connectivity index (χ1) is 13.6. The van der Waals surface area contributed by atoms with Gasteiger partial charge in [-0.3, -0.25) is 4.79 Å². The van der Waals surface area contributed by atoms with Crippen molar-refractivity contribution < 1.29 is 9.53 Å². The molecular weight excluding hydrogens is 415 g/mol. The van der Waals surface area contributed by atoms with Gasteiger partial charge in [-0.15, -0.1) is 0 Å². The van der Waals surface area contributed by atoms with Crippen LogP contribution in [-0.2, 0) is 4.79 Å². The number of halogens is 2. The average Bonchev–Trinajstić information content (AvgIpc) is 2.71. The number of nitrogens with one attached hydrogen (secondary N) is 1. The lowest BCUT2D eigenvalue weighted by Crippen LogP contribution is -2.24. The SMILES string of the molecule is O=C(COc1ccc(Cl)cc1)N/N=C\c1ccc(Sc2ccc(Cl)cc2)cc1. The van der Waals surface area contributed by atoms with Crippen molar-refractivity contribution in [3.63, 3.8) is 0 Å². The highest BCUT2D eigenvalue weighted by Gasteiger charge is 2.02. The summed E-state index contributed by atoms with van der Waals surface area (Å²) in [5.41, 5.74) is 3.31. The Morgan fingerprint density at radius 1 is 0.893 bits per heavy atom. The molecule has 0 fully saturated rings. The van der Waals surface area contributed by atoms with E-state index in [1.54, 1.807) is 42.2 Å². The van der Waals surface area contributed by atoms with Crippen molar-refractivity contribution in [2.45, 2.75) is 9.79 Å². The number of carbonyl (C=O) groups excluding carboxylic acids is 1. The van der Waals surface area contributed by atoms with Gasteiger partial charge in [0.2, 0.25) is 0 Å². The Labute approximate surface area is 177 Å². The Bertz CT molecular complexity index is 944. The van der Waals surface area contributed by atoms with E-state index < -0.39 is 0 Å². The van der Waals surface area contributed by atoms with Gasteiger partial charge in [0.25, 0.3) is 5.91 Å². The lowest BCUT2D eigenvalue weighted by Gasteiger charge is -2.05. The van der Waals surface area contributed by atoms with Gasteiger partial charge in [0.1, 0.15) is 5.75 Å². The summed E-state index contributed by atoms with van der Waals surface area (Å²) in [6.45, 7) is -0.129. The van der Waals surface area contributed by atoms with E-state index in [0.717, 1.165) is 20.4 Å². The Kier molecular flexibility index (Phi) is 7.37. The van der Waals surface area contributed by atoms with Gasteiger partial charge in [0, 0.05) is 19.8 Å².